The molecule has 98 valence electrons. The van der Waals surface area contributed by atoms with Crippen LogP contribution in [0.2, 0.25) is 0 Å². The number of carbonyl (C=O) groups is 1. The molecular formula is C13H19N3O2. The van der Waals surface area contributed by atoms with E-state index in [0.29, 0.717) is 0 Å². The van der Waals surface area contributed by atoms with Crippen LogP contribution in [0.5, 0.6) is 0 Å². The highest BCUT2D eigenvalue weighted by Crippen LogP contribution is 2.06. The van der Waals surface area contributed by atoms with Crippen molar-refractivity contribution in [3.05, 3.63) is 30.1 Å². The fourth-order valence-corrected chi connectivity index (χ4v) is 2.02. The number of nitrogens with zero attached hydrogens (tertiary/aromatic N) is 2. The lowest BCUT2D eigenvalue weighted by atomic mass is 10.3. The predicted molar refractivity (Wildman–Crippen MR) is 69.9 cm³/mol. The van der Waals surface area contributed by atoms with E-state index in [1.54, 1.807) is 6.08 Å². The van der Waals surface area contributed by atoms with Gasteiger partial charge in [-0.25, -0.2) is 0 Å². The van der Waals surface area contributed by atoms with Crippen molar-refractivity contribution >= 4 is 12.0 Å². The van der Waals surface area contributed by atoms with Crippen LogP contribution in [0.3, 0.4) is 0 Å². The smallest absolute Gasteiger partial charge is 0.241 e. The van der Waals surface area contributed by atoms with E-state index in [0.717, 1.165) is 45.1 Å². The molecule has 0 saturated carbocycles. The van der Waals surface area contributed by atoms with Gasteiger partial charge in [-0.05, 0) is 18.2 Å². The van der Waals surface area contributed by atoms with Gasteiger partial charge in [0.1, 0.15) is 0 Å². The lowest BCUT2D eigenvalue weighted by Gasteiger charge is -2.26. The Labute approximate surface area is 107 Å². The fourth-order valence-electron chi connectivity index (χ4n) is 2.02. The Morgan fingerprint density at radius 2 is 2.17 bits per heavy atom. The number of aromatic nitrogens is 1. The molecule has 1 aromatic rings. The summed E-state index contributed by atoms with van der Waals surface area (Å²) < 4.78 is 7.43. The summed E-state index contributed by atoms with van der Waals surface area (Å²) in [5.74, 6) is -0.420. The van der Waals surface area contributed by atoms with Gasteiger partial charge in [-0.2, -0.15) is 0 Å². The molecule has 0 atom stereocenters. The molecule has 1 amide bonds. The first-order valence-corrected chi connectivity index (χ1v) is 6.18. The summed E-state index contributed by atoms with van der Waals surface area (Å²) in [6, 6.07) is 3.94. The monoisotopic (exact) mass is 249 g/mol. The standard InChI is InChI=1S/C13H19N3O2/c14-13(17)4-3-12-2-1-5-16(12)7-6-15-8-10-18-11-9-15/h1-5H,6-11H2,(H2,14,17)/b4-3-. The second-order valence-corrected chi connectivity index (χ2v) is 4.32. The van der Waals surface area contributed by atoms with Gasteiger partial charge in [0.25, 0.3) is 0 Å². The topological polar surface area (TPSA) is 60.5 Å². The minimum absolute atomic E-state index is 0.420. The van der Waals surface area contributed by atoms with Crippen LogP contribution in [0, 0.1) is 0 Å². The SMILES string of the molecule is NC(=O)/C=C\c1cccn1CCN1CCOCC1. The lowest BCUT2D eigenvalue weighted by Crippen LogP contribution is -2.38. The van der Waals surface area contributed by atoms with Gasteiger partial charge >= 0.3 is 0 Å². The Morgan fingerprint density at radius 3 is 2.89 bits per heavy atom. The van der Waals surface area contributed by atoms with Crippen molar-refractivity contribution in [2.75, 3.05) is 32.8 Å². The first-order valence-electron chi connectivity index (χ1n) is 6.18. The van der Waals surface area contributed by atoms with Crippen molar-refractivity contribution in [3.8, 4) is 0 Å². The van der Waals surface area contributed by atoms with Crippen molar-refractivity contribution in [2.45, 2.75) is 6.54 Å². The van der Waals surface area contributed by atoms with E-state index in [1.165, 1.54) is 6.08 Å². The van der Waals surface area contributed by atoms with Crippen LogP contribution >= 0.6 is 0 Å². The van der Waals surface area contributed by atoms with Crippen molar-refractivity contribution in [1.29, 1.82) is 0 Å². The maximum Gasteiger partial charge on any atom is 0.241 e. The van der Waals surface area contributed by atoms with Gasteiger partial charge in [-0.15, -0.1) is 0 Å². The van der Waals surface area contributed by atoms with Crippen molar-refractivity contribution in [1.82, 2.24) is 9.47 Å². The van der Waals surface area contributed by atoms with Gasteiger partial charge in [-0.3, -0.25) is 9.69 Å². The van der Waals surface area contributed by atoms with Gasteiger partial charge < -0.3 is 15.0 Å². The Morgan fingerprint density at radius 1 is 1.39 bits per heavy atom. The van der Waals surface area contributed by atoms with Crippen molar-refractivity contribution in [2.24, 2.45) is 5.73 Å². The van der Waals surface area contributed by atoms with E-state index in [-0.39, 0.29) is 0 Å². The Kier molecular flexibility index (Phi) is 4.55. The summed E-state index contributed by atoms with van der Waals surface area (Å²) in [7, 11) is 0. The molecule has 0 aromatic carbocycles. The largest absolute Gasteiger partial charge is 0.379 e. The van der Waals surface area contributed by atoms with E-state index in [9.17, 15) is 4.79 Å². The molecular weight excluding hydrogens is 230 g/mol. The van der Waals surface area contributed by atoms with Crippen LogP contribution in [0.15, 0.2) is 24.4 Å². The molecule has 1 aliphatic rings. The average Bonchev–Trinajstić information content (AvgIpc) is 2.82. The quantitative estimate of drug-likeness (QED) is 0.764. The molecule has 2 heterocycles. The number of carbonyl (C=O) groups excluding carboxylic acids is 1. The van der Waals surface area contributed by atoms with Crippen molar-refractivity contribution in [3.63, 3.8) is 0 Å². The van der Waals surface area contributed by atoms with Crippen LogP contribution in [0.4, 0.5) is 0 Å². The van der Waals surface area contributed by atoms with Crippen LogP contribution < -0.4 is 5.73 Å². The average molecular weight is 249 g/mol. The number of hydrogen-bond acceptors (Lipinski definition) is 3. The molecule has 18 heavy (non-hydrogen) atoms. The van der Waals surface area contributed by atoms with Crippen LogP contribution in [0.1, 0.15) is 5.69 Å². The summed E-state index contributed by atoms with van der Waals surface area (Å²) in [6.45, 7) is 5.53. The summed E-state index contributed by atoms with van der Waals surface area (Å²) in [6.07, 6.45) is 5.16. The summed E-state index contributed by atoms with van der Waals surface area (Å²) in [4.78, 5) is 13.1. The number of hydrogen-bond donors (Lipinski definition) is 1. The Balaban J connectivity index is 1.88. The molecule has 1 aliphatic heterocycles. The zero-order valence-electron chi connectivity index (χ0n) is 10.4. The molecule has 0 unspecified atom stereocenters. The van der Waals surface area contributed by atoms with Gasteiger partial charge in [0.15, 0.2) is 0 Å². The second-order valence-electron chi connectivity index (χ2n) is 4.32. The first-order chi connectivity index (χ1) is 8.75. The highest BCUT2D eigenvalue weighted by molar-refractivity contribution is 5.89. The van der Waals surface area contributed by atoms with Gasteiger partial charge in [0.05, 0.1) is 13.2 Å². The number of ether oxygens (including phenoxy) is 1. The van der Waals surface area contributed by atoms with Gasteiger partial charge in [0, 0.05) is 44.1 Å². The third kappa shape index (κ3) is 3.72. The molecule has 0 radical (unpaired) electrons. The van der Waals surface area contributed by atoms with Crippen LogP contribution in [0.25, 0.3) is 6.08 Å². The van der Waals surface area contributed by atoms with E-state index in [2.05, 4.69) is 9.47 Å². The Hall–Kier alpha value is -1.59. The van der Waals surface area contributed by atoms with E-state index < -0.39 is 5.91 Å². The molecule has 1 saturated heterocycles. The molecule has 2 N–H and O–H groups in total. The summed E-state index contributed by atoms with van der Waals surface area (Å²) >= 11 is 0. The van der Waals surface area contributed by atoms with Crippen LogP contribution in [-0.4, -0.2) is 48.2 Å². The molecule has 5 heteroatoms. The molecule has 0 bridgehead atoms. The summed E-state index contributed by atoms with van der Waals surface area (Å²) in [5.41, 5.74) is 6.09. The highest BCUT2D eigenvalue weighted by Gasteiger charge is 2.10. The second kappa shape index (κ2) is 6.37. The summed E-state index contributed by atoms with van der Waals surface area (Å²) in [5, 5.41) is 0. The minimum Gasteiger partial charge on any atom is -0.379 e. The maximum atomic E-state index is 10.7. The lowest BCUT2D eigenvalue weighted by molar-refractivity contribution is -0.113. The first kappa shape index (κ1) is 12.9. The van der Waals surface area contributed by atoms with E-state index in [1.807, 2.05) is 18.3 Å². The number of rotatable bonds is 5. The zero-order chi connectivity index (χ0) is 12.8. The number of nitrogens with two attached hydrogens (primary N) is 1. The highest BCUT2D eigenvalue weighted by atomic mass is 16.5. The van der Waals surface area contributed by atoms with E-state index >= 15 is 0 Å². The third-order valence-corrected chi connectivity index (χ3v) is 3.04. The number of amides is 1. The zero-order valence-corrected chi connectivity index (χ0v) is 10.4. The van der Waals surface area contributed by atoms with Gasteiger partial charge in [0.2, 0.25) is 5.91 Å². The normalized spacial score (nSPS) is 17.3. The minimum atomic E-state index is -0.420. The number of morpholine rings is 1. The molecule has 5 nitrogen and oxygen atoms in total. The fraction of sp³-hybridized carbons (Fsp3) is 0.462. The van der Waals surface area contributed by atoms with E-state index in [4.69, 9.17) is 10.5 Å². The molecule has 1 fully saturated rings. The predicted octanol–water partition coefficient (Wildman–Crippen LogP) is 0.319. The molecule has 1 aromatic heterocycles. The number of primary amides is 1. The van der Waals surface area contributed by atoms with Crippen LogP contribution in [-0.2, 0) is 16.1 Å². The molecule has 0 spiro atoms. The Bertz CT molecular complexity index is 420. The third-order valence-electron chi connectivity index (χ3n) is 3.04. The maximum absolute atomic E-state index is 10.7. The molecule has 2 rings (SSSR count). The molecule has 0 aliphatic carbocycles. The van der Waals surface area contributed by atoms with Crippen molar-refractivity contribution < 1.29 is 9.53 Å². The van der Waals surface area contributed by atoms with Gasteiger partial charge in [-0.1, -0.05) is 0 Å².